The zero-order chi connectivity index (χ0) is 12.4. The van der Waals surface area contributed by atoms with Crippen LogP contribution in [0.3, 0.4) is 0 Å². The minimum Gasteiger partial charge on any atom is -0.392 e. The Bertz CT molecular complexity index is 375. The monoisotopic (exact) mass is 300 g/mol. The number of rotatable bonds is 2. The molecule has 4 heteroatoms. The molecule has 2 rings (SSSR count). The number of hydrogen-bond acceptors (Lipinski definition) is 2. The summed E-state index contributed by atoms with van der Waals surface area (Å²) in [7, 11) is 0. The molecule has 1 saturated carbocycles. The summed E-state index contributed by atoms with van der Waals surface area (Å²) in [6.07, 6.45) is 7.21. The van der Waals surface area contributed by atoms with Crippen molar-refractivity contribution in [2.24, 2.45) is 0 Å². The highest BCUT2D eigenvalue weighted by atomic mass is 79.9. The molecular formula is C13H21BrN2O. The second-order valence-corrected chi connectivity index (χ2v) is 6.08. The van der Waals surface area contributed by atoms with Gasteiger partial charge >= 0.3 is 0 Å². The summed E-state index contributed by atoms with van der Waals surface area (Å²) in [5, 5.41) is 14.7. The summed E-state index contributed by atoms with van der Waals surface area (Å²) in [6, 6.07) is 0.340. The van der Waals surface area contributed by atoms with E-state index < -0.39 is 0 Å². The quantitative estimate of drug-likeness (QED) is 0.847. The number of aliphatic hydroxyl groups excluding tert-OH is 1. The summed E-state index contributed by atoms with van der Waals surface area (Å²) in [4.78, 5) is 0. The summed E-state index contributed by atoms with van der Waals surface area (Å²) in [5.74, 6) is 0.233. The molecule has 2 unspecified atom stereocenters. The van der Waals surface area contributed by atoms with Gasteiger partial charge in [0.1, 0.15) is 0 Å². The SMILES string of the molecule is CC(C)n1ncc(Br)c1C1CCCCCC1O. The average Bonchev–Trinajstić information content (AvgIpc) is 2.52. The molecular weight excluding hydrogens is 280 g/mol. The van der Waals surface area contributed by atoms with Crippen LogP contribution in [0, 0.1) is 0 Å². The first-order chi connectivity index (χ1) is 8.11. The molecule has 1 aromatic rings. The summed E-state index contributed by atoms with van der Waals surface area (Å²) < 4.78 is 3.08. The molecule has 0 aromatic carbocycles. The van der Waals surface area contributed by atoms with E-state index in [-0.39, 0.29) is 12.0 Å². The Balaban J connectivity index is 2.33. The molecule has 2 atom stereocenters. The highest BCUT2D eigenvalue weighted by Crippen LogP contribution is 2.36. The molecule has 1 aliphatic carbocycles. The molecule has 0 bridgehead atoms. The highest BCUT2D eigenvalue weighted by molar-refractivity contribution is 9.10. The molecule has 1 fully saturated rings. The fourth-order valence-electron chi connectivity index (χ4n) is 2.72. The van der Waals surface area contributed by atoms with Gasteiger partial charge in [0.15, 0.2) is 0 Å². The van der Waals surface area contributed by atoms with Crippen LogP contribution in [0.15, 0.2) is 10.7 Å². The summed E-state index contributed by atoms with van der Waals surface area (Å²) in [6.45, 7) is 4.26. The second kappa shape index (κ2) is 5.53. The van der Waals surface area contributed by atoms with E-state index in [0.717, 1.165) is 23.7 Å². The van der Waals surface area contributed by atoms with E-state index in [2.05, 4.69) is 34.9 Å². The van der Waals surface area contributed by atoms with Gasteiger partial charge in [-0.1, -0.05) is 19.3 Å². The molecule has 0 saturated heterocycles. The predicted octanol–water partition coefficient (Wildman–Crippen LogP) is 3.64. The molecule has 3 nitrogen and oxygen atoms in total. The molecule has 0 aliphatic heterocycles. The molecule has 0 amide bonds. The van der Waals surface area contributed by atoms with Crippen molar-refractivity contribution in [1.29, 1.82) is 0 Å². The molecule has 1 aliphatic rings. The number of nitrogens with zero attached hydrogens (tertiary/aromatic N) is 2. The van der Waals surface area contributed by atoms with Gasteiger partial charge in [0.05, 0.1) is 22.5 Å². The van der Waals surface area contributed by atoms with Crippen molar-refractivity contribution >= 4 is 15.9 Å². The Kier molecular flexibility index (Phi) is 4.26. The van der Waals surface area contributed by atoms with Crippen molar-refractivity contribution in [3.63, 3.8) is 0 Å². The number of hydrogen-bond donors (Lipinski definition) is 1. The van der Waals surface area contributed by atoms with Gasteiger partial charge in [-0.3, -0.25) is 4.68 Å². The van der Waals surface area contributed by atoms with E-state index in [9.17, 15) is 5.11 Å². The first kappa shape index (κ1) is 13.1. The minimum atomic E-state index is -0.219. The van der Waals surface area contributed by atoms with Crippen LogP contribution in [-0.2, 0) is 0 Å². The van der Waals surface area contributed by atoms with E-state index in [4.69, 9.17) is 0 Å². The van der Waals surface area contributed by atoms with E-state index >= 15 is 0 Å². The predicted molar refractivity (Wildman–Crippen MR) is 72.1 cm³/mol. The topological polar surface area (TPSA) is 38.0 Å². The van der Waals surface area contributed by atoms with E-state index in [0.29, 0.717) is 6.04 Å². The Morgan fingerprint density at radius 2 is 2.06 bits per heavy atom. The summed E-state index contributed by atoms with van der Waals surface area (Å²) in [5.41, 5.74) is 1.18. The van der Waals surface area contributed by atoms with Crippen LogP contribution in [-0.4, -0.2) is 21.0 Å². The number of halogens is 1. The average molecular weight is 301 g/mol. The number of aromatic nitrogens is 2. The van der Waals surface area contributed by atoms with Crippen LogP contribution < -0.4 is 0 Å². The largest absolute Gasteiger partial charge is 0.392 e. The van der Waals surface area contributed by atoms with Gasteiger partial charge < -0.3 is 5.11 Å². The third kappa shape index (κ3) is 2.74. The lowest BCUT2D eigenvalue weighted by atomic mass is 9.93. The first-order valence-electron chi connectivity index (χ1n) is 6.52. The van der Waals surface area contributed by atoms with Gasteiger partial charge in [0, 0.05) is 12.0 Å². The van der Waals surface area contributed by atoms with E-state index in [1.54, 1.807) is 0 Å². The van der Waals surface area contributed by atoms with E-state index in [1.807, 2.05) is 10.9 Å². The minimum absolute atomic E-state index is 0.219. The van der Waals surface area contributed by atoms with Crippen molar-refractivity contribution in [3.05, 3.63) is 16.4 Å². The van der Waals surface area contributed by atoms with Gasteiger partial charge in [-0.25, -0.2) is 0 Å². The van der Waals surface area contributed by atoms with Crippen molar-refractivity contribution in [2.75, 3.05) is 0 Å². The van der Waals surface area contributed by atoms with Gasteiger partial charge in [0.2, 0.25) is 0 Å². The maximum absolute atomic E-state index is 10.3. The van der Waals surface area contributed by atoms with Crippen molar-refractivity contribution in [2.45, 2.75) is 64.0 Å². The standard InChI is InChI=1S/C13H21BrN2O/c1-9(2)16-13(11(14)8-15-16)10-6-4-3-5-7-12(10)17/h8-10,12,17H,3-7H2,1-2H3. The van der Waals surface area contributed by atoms with Crippen molar-refractivity contribution in [1.82, 2.24) is 9.78 Å². The van der Waals surface area contributed by atoms with Gasteiger partial charge in [-0.05, 0) is 42.6 Å². The second-order valence-electron chi connectivity index (χ2n) is 5.23. The van der Waals surface area contributed by atoms with Crippen LogP contribution in [0.4, 0.5) is 0 Å². The fraction of sp³-hybridized carbons (Fsp3) is 0.769. The molecule has 1 aromatic heterocycles. The molecule has 17 heavy (non-hydrogen) atoms. The summed E-state index contributed by atoms with van der Waals surface area (Å²) >= 11 is 3.58. The Hall–Kier alpha value is -0.350. The van der Waals surface area contributed by atoms with Crippen LogP contribution in [0.5, 0.6) is 0 Å². The molecule has 1 heterocycles. The van der Waals surface area contributed by atoms with Crippen molar-refractivity contribution in [3.8, 4) is 0 Å². The van der Waals surface area contributed by atoms with Crippen LogP contribution >= 0.6 is 15.9 Å². The molecule has 1 N–H and O–H groups in total. The van der Waals surface area contributed by atoms with Gasteiger partial charge in [-0.2, -0.15) is 5.10 Å². The zero-order valence-electron chi connectivity index (χ0n) is 10.6. The smallest absolute Gasteiger partial charge is 0.0635 e. The first-order valence-corrected chi connectivity index (χ1v) is 7.31. The van der Waals surface area contributed by atoms with E-state index in [1.165, 1.54) is 18.5 Å². The van der Waals surface area contributed by atoms with Gasteiger partial charge in [-0.15, -0.1) is 0 Å². The Morgan fingerprint density at radius 1 is 1.35 bits per heavy atom. The molecule has 0 radical (unpaired) electrons. The zero-order valence-corrected chi connectivity index (χ0v) is 12.2. The van der Waals surface area contributed by atoms with Crippen LogP contribution in [0.2, 0.25) is 0 Å². The fourth-order valence-corrected chi connectivity index (χ4v) is 3.28. The normalized spacial score (nSPS) is 26.2. The maximum atomic E-state index is 10.3. The molecule has 96 valence electrons. The third-order valence-electron chi connectivity index (χ3n) is 3.61. The Morgan fingerprint density at radius 3 is 2.76 bits per heavy atom. The maximum Gasteiger partial charge on any atom is 0.0635 e. The third-order valence-corrected chi connectivity index (χ3v) is 4.22. The van der Waals surface area contributed by atoms with Crippen LogP contribution in [0.1, 0.15) is 63.6 Å². The molecule has 0 spiro atoms. The Labute approximate surface area is 111 Å². The lowest BCUT2D eigenvalue weighted by Gasteiger charge is -2.23. The van der Waals surface area contributed by atoms with Gasteiger partial charge in [0.25, 0.3) is 0 Å². The van der Waals surface area contributed by atoms with Crippen LogP contribution in [0.25, 0.3) is 0 Å². The van der Waals surface area contributed by atoms with Crippen molar-refractivity contribution < 1.29 is 5.11 Å². The highest BCUT2D eigenvalue weighted by Gasteiger charge is 2.28. The lowest BCUT2D eigenvalue weighted by Crippen LogP contribution is -2.21. The number of aliphatic hydroxyl groups is 1. The lowest BCUT2D eigenvalue weighted by molar-refractivity contribution is 0.130.